The van der Waals surface area contributed by atoms with Crippen LogP contribution in [0.2, 0.25) is 0 Å². The first-order valence-electron chi connectivity index (χ1n) is 6.64. The smallest absolute Gasteiger partial charge is 0.268 e. The van der Waals surface area contributed by atoms with Crippen LogP contribution in [0.3, 0.4) is 0 Å². The van der Waals surface area contributed by atoms with Gasteiger partial charge in [0.1, 0.15) is 23.2 Å². The summed E-state index contributed by atoms with van der Waals surface area (Å²) in [4.78, 5) is 24.4. The summed E-state index contributed by atoms with van der Waals surface area (Å²) in [5.74, 6) is -1.76. The second-order valence-electron chi connectivity index (χ2n) is 4.74. The van der Waals surface area contributed by atoms with Crippen molar-refractivity contribution in [3.05, 3.63) is 63.3 Å². The molecule has 1 aromatic carbocycles. The van der Waals surface area contributed by atoms with Crippen molar-refractivity contribution in [3.63, 3.8) is 0 Å². The molecule has 0 aliphatic heterocycles. The highest BCUT2D eigenvalue weighted by Crippen LogP contribution is 2.21. The fourth-order valence-corrected chi connectivity index (χ4v) is 2.04. The molecule has 1 heterocycles. The maximum absolute atomic E-state index is 13.3. The predicted octanol–water partition coefficient (Wildman–Crippen LogP) is 1.44. The molecular weight excluding hydrogens is 303 g/mol. The van der Waals surface area contributed by atoms with Gasteiger partial charge < -0.3 is 14.4 Å². The SMILES string of the molecule is COCCn1cc(C(=O)c2cc(F)ccc2O)cc(C#N)c1=O. The van der Waals surface area contributed by atoms with E-state index in [2.05, 4.69) is 0 Å². The van der Waals surface area contributed by atoms with Gasteiger partial charge in [-0.1, -0.05) is 0 Å². The molecule has 6 nitrogen and oxygen atoms in total. The molecule has 0 radical (unpaired) electrons. The van der Waals surface area contributed by atoms with Gasteiger partial charge in [0.2, 0.25) is 0 Å². The lowest BCUT2D eigenvalue weighted by Crippen LogP contribution is -2.25. The Hall–Kier alpha value is -2.98. The number of benzene rings is 1. The number of carbonyl (C=O) groups is 1. The van der Waals surface area contributed by atoms with Gasteiger partial charge in [-0.15, -0.1) is 0 Å². The minimum Gasteiger partial charge on any atom is -0.507 e. The van der Waals surface area contributed by atoms with Crippen LogP contribution in [0.15, 0.2) is 35.3 Å². The number of hydrogen-bond acceptors (Lipinski definition) is 5. The molecule has 0 saturated carbocycles. The average Bonchev–Trinajstić information content (AvgIpc) is 2.55. The molecular formula is C16H13FN2O4. The summed E-state index contributed by atoms with van der Waals surface area (Å²) in [6.07, 6.45) is 1.26. The van der Waals surface area contributed by atoms with Gasteiger partial charge >= 0.3 is 0 Å². The lowest BCUT2D eigenvalue weighted by atomic mass is 10.0. The summed E-state index contributed by atoms with van der Waals surface area (Å²) in [5, 5.41) is 18.7. The van der Waals surface area contributed by atoms with Gasteiger partial charge in [0, 0.05) is 25.4 Å². The quantitative estimate of drug-likeness (QED) is 0.843. The zero-order chi connectivity index (χ0) is 17.0. The van der Waals surface area contributed by atoms with E-state index in [9.17, 15) is 19.1 Å². The average molecular weight is 316 g/mol. The standard InChI is InChI=1S/C16H13FN2O4/c1-23-5-4-19-9-11(6-10(8-18)16(19)22)15(21)13-7-12(17)2-3-14(13)20/h2-3,6-7,9,20H,4-5H2,1H3. The van der Waals surface area contributed by atoms with Crippen molar-refractivity contribution < 1.29 is 19.0 Å². The first kappa shape index (κ1) is 16.4. The Morgan fingerprint density at radius 1 is 1.43 bits per heavy atom. The highest BCUT2D eigenvalue weighted by molar-refractivity contribution is 6.10. The number of aromatic nitrogens is 1. The summed E-state index contributed by atoms with van der Waals surface area (Å²) in [6.45, 7) is 0.369. The molecule has 0 aliphatic rings. The van der Waals surface area contributed by atoms with Crippen molar-refractivity contribution in [2.24, 2.45) is 0 Å². The Kier molecular flexibility index (Phi) is 4.88. The summed E-state index contributed by atoms with van der Waals surface area (Å²) in [6, 6.07) is 5.83. The molecule has 0 atom stereocenters. The number of ketones is 1. The summed E-state index contributed by atoms with van der Waals surface area (Å²) < 4.78 is 19.3. The van der Waals surface area contributed by atoms with Crippen LogP contribution in [-0.4, -0.2) is 29.2 Å². The van der Waals surface area contributed by atoms with Crippen molar-refractivity contribution in [2.45, 2.75) is 6.54 Å². The highest BCUT2D eigenvalue weighted by Gasteiger charge is 2.17. The van der Waals surface area contributed by atoms with E-state index >= 15 is 0 Å². The van der Waals surface area contributed by atoms with E-state index in [0.29, 0.717) is 0 Å². The van der Waals surface area contributed by atoms with Crippen LogP contribution in [0.1, 0.15) is 21.5 Å². The maximum Gasteiger partial charge on any atom is 0.268 e. The van der Waals surface area contributed by atoms with E-state index in [0.717, 1.165) is 24.3 Å². The first-order chi connectivity index (χ1) is 11.0. The maximum atomic E-state index is 13.3. The normalized spacial score (nSPS) is 10.3. The minimum atomic E-state index is -0.690. The van der Waals surface area contributed by atoms with Gasteiger partial charge in [0.05, 0.1) is 12.2 Å². The van der Waals surface area contributed by atoms with Crippen LogP contribution < -0.4 is 5.56 Å². The predicted molar refractivity (Wildman–Crippen MR) is 78.8 cm³/mol. The zero-order valence-corrected chi connectivity index (χ0v) is 12.2. The molecule has 0 unspecified atom stereocenters. The largest absolute Gasteiger partial charge is 0.507 e. The third-order valence-electron chi connectivity index (χ3n) is 3.21. The van der Waals surface area contributed by atoms with Crippen LogP contribution in [0.4, 0.5) is 4.39 Å². The second kappa shape index (κ2) is 6.85. The molecule has 1 N–H and O–H groups in total. The molecule has 0 bridgehead atoms. The Morgan fingerprint density at radius 2 is 2.17 bits per heavy atom. The minimum absolute atomic E-state index is 0.00171. The summed E-state index contributed by atoms with van der Waals surface area (Å²) in [5.41, 5.74) is -1.02. The molecule has 118 valence electrons. The summed E-state index contributed by atoms with van der Waals surface area (Å²) in [7, 11) is 1.45. The number of halogens is 1. The topological polar surface area (TPSA) is 92.3 Å². The first-order valence-corrected chi connectivity index (χ1v) is 6.64. The highest BCUT2D eigenvalue weighted by atomic mass is 19.1. The van der Waals surface area contributed by atoms with Crippen molar-refractivity contribution >= 4 is 5.78 Å². The monoisotopic (exact) mass is 316 g/mol. The van der Waals surface area contributed by atoms with Gasteiger partial charge in [-0.2, -0.15) is 5.26 Å². The van der Waals surface area contributed by atoms with Crippen LogP contribution in [0.5, 0.6) is 5.75 Å². The number of carbonyl (C=O) groups excluding carboxylic acids is 1. The van der Waals surface area contributed by atoms with E-state index in [1.807, 2.05) is 0 Å². The van der Waals surface area contributed by atoms with Gasteiger partial charge in [0.25, 0.3) is 5.56 Å². The third kappa shape index (κ3) is 3.44. The van der Waals surface area contributed by atoms with Crippen molar-refractivity contribution in [2.75, 3.05) is 13.7 Å². The third-order valence-corrected chi connectivity index (χ3v) is 3.21. The van der Waals surface area contributed by atoms with Gasteiger partial charge in [-0.25, -0.2) is 4.39 Å². The van der Waals surface area contributed by atoms with Gasteiger partial charge in [-0.3, -0.25) is 9.59 Å². The van der Waals surface area contributed by atoms with Crippen LogP contribution in [0.25, 0.3) is 0 Å². The Morgan fingerprint density at radius 3 is 2.83 bits per heavy atom. The number of nitriles is 1. The fraction of sp³-hybridized carbons (Fsp3) is 0.188. The van der Waals surface area contributed by atoms with Crippen LogP contribution >= 0.6 is 0 Å². The molecule has 0 amide bonds. The van der Waals surface area contributed by atoms with Gasteiger partial charge in [-0.05, 0) is 24.3 Å². The lowest BCUT2D eigenvalue weighted by Gasteiger charge is -2.09. The lowest BCUT2D eigenvalue weighted by molar-refractivity contribution is 0.103. The number of phenolic OH excluding ortho intramolecular Hbond substituents is 1. The molecule has 2 rings (SSSR count). The molecule has 0 spiro atoms. The molecule has 2 aromatic rings. The van der Waals surface area contributed by atoms with E-state index in [4.69, 9.17) is 10.00 Å². The number of nitrogens with zero attached hydrogens (tertiary/aromatic N) is 2. The van der Waals surface area contributed by atoms with E-state index in [-0.39, 0.29) is 35.6 Å². The van der Waals surface area contributed by atoms with Crippen molar-refractivity contribution in [3.8, 4) is 11.8 Å². The number of ether oxygens (including phenoxy) is 1. The molecule has 23 heavy (non-hydrogen) atoms. The van der Waals surface area contributed by atoms with Crippen LogP contribution in [-0.2, 0) is 11.3 Å². The van der Waals surface area contributed by atoms with E-state index in [1.54, 1.807) is 6.07 Å². The number of phenols is 1. The Labute approximate surface area is 131 Å². The summed E-state index contributed by atoms with van der Waals surface area (Å²) >= 11 is 0. The fourth-order valence-electron chi connectivity index (χ4n) is 2.04. The number of rotatable bonds is 5. The molecule has 0 aliphatic carbocycles. The number of aromatic hydroxyl groups is 1. The Bertz CT molecular complexity index is 852. The number of pyridine rings is 1. The van der Waals surface area contributed by atoms with Crippen molar-refractivity contribution in [1.82, 2.24) is 4.57 Å². The van der Waals surface area contributed by atoms with Crippen molar-refractivity contribution in [1.29, 1.82) is 5.26 Å². The van der Waals surface area contributed by atoms with Crippen LogP contribution in [0, 0.1) is 17.1 Å². The second-order valence-corrected chi connectivity index (χ2v) is 4.74. The van der Waals surface area contributed by atoms with E-state index < -0.39 is 17.2 Å². The molecule has 7 heteroatoms. The Balaban J connectivity index is 2.54. The number of hydrogen-bond donors (Lipinski definition) is 1. The molecule has 1 aromatic heterocycles. The zero-order valence-electron chi connectivity index (χ0n) is 12.2. The molecule has 0 fully saturated rings. The number of methoxy groups -OCH3 is 1. The van der Waals surface area contributed by atoms with Gasteiger partial charge in [0.15, 0.2) is 5.78 Å². The molecule has 0 saturated heterocycles. The van der Waals surface area contributed by atoms with E-state index in [1.165, 1.54) is 17.9 Å².